The van der Waals surface area contributed by atoms with Crippen molar-refractivity contribution in [2.75, 3.05) is 12.3 Å². The maximum atomic E-state index is 12.3. The molecule has 0 atom stereocenters. The molecule has 1 rings (SSSR count). The number of carbonyl (C=O) groups is 1. The largest absolute Gasteiger partial charge is 0.397 e. The van der Waals surface area contributed by atoms with Gasteiger partial charge in [-0.1, -0.05) is 11.6 Å². The summed E-state index contributed by atoms with van der Waals surface area (Å²) in [7, 11) is 0. The highest BCUT2D eigenvalue weighted by atomic mass is 35.5. The van der Waals surface area contributed by atoms with Crippen LogP contribution >= 0.6 is 11.6 Å². The number of nitrogens with two attached hydrogens (primary N) is 1. The van der Waals surface area contributed by atoms with Crippen molar-refractivity contribution in [2.24, 2.45) is 0 Å². The number of halogens is 1. The quantitative estimate of drug-likeness (QED) is 0.846. The molecular formula is C12H15ClN4O. The van der Waals surface area contributed by atoms with Crippen LogP contribution in [0.2, 0.25) is 5.15 Å². The van der Waals surface area contributed by atoms with E-state index in [1.807, 2.05) is 19.9 Å². The Morgan fingerprint density at radius 3 is 2.89 bits per heavy atom. The summed E-state index contributed by atoms with van der Waals surface area (Å²) >= 11 is 5.89. The second-order valence-corrected chi connectivity index (χ2v) is 4.47. The standard InChI is InChI=1S/C12H15ClN4O/c1-8(2)17(5-3-4-14)12(18)10-6-9(15)7-16-11(10)13/h6-8H,3,5,15H2,1-2H3. The monoisotopic (exact) mass is 266 g/mol. The highest BCUT2D eigenvalue weighted by molar-refractivity contribution is 6.32. The van der Waals surface area contributed by atoms with E-state index >= 15 is 0 Å². The summed E-state index contributed by atoms with van der Waals surface area (Å²) in [6.07, 6.45) is 1.67. The van der Waals surface area contributed by atoms with Crippen molar-refractivity contribution in [2.45, 2.75) is 26.3 Å². The molecule has 2 N–H and O–H groups in total. The topological polar surface area (TPSA) is 83.0 Å². The van der Waals surface area contributed by atoms with Gasteiger partial charge in [-0.25, -0.2) is 4.98 Å². The molecule has 0 bridgehead atoms. The fourth-order valence-corrected chi connectivity index (χ4v) is 1.72. The minimum absolute atomic E-state index is 0.0247. The van der Waals surface area contributed by atoms with Crippen LogP contribution in [0.15, 0.2) is 12.3 Å². The van der Waals surface area contributed by atoms with Gasteiger partial charge in [0.15, 0.2) is 0 Å². The summed E-state index contributed by atoms with van der Waals surface area (Å²) < 4.78 is 0. The van der Waals surface area contributed by atoms with E-state index in [2.05, 4.69) is 4.98 Å². The van der Waals surface area contributed by atoms with Crippen molar-refractivity contribution in [3.05, 3.63) is 23.0 Å². The Kier molecular flexibility index (Phi) is 4.93. The zero-order valence-electron chi connectivity index (χ0n) is 10.4. The van der Waals surface area contributed by atoms with Gasteiger partial charge in [-0.2, -0.15) is 5.26 Å². The van der Waals surface area contributed by atoms with Crippen LogP contribution in [0.4, 0.5) is 5.69 Å². The van der Waals surface area contributed by atoms with Gasteiger partial charge in [0, 0.05) is 12.6 Å². The summed E-state index contributed by atoms with van der Waals surface area (Å²) in [6.45, 7) is 4.12. The number of rotatable bonds is 4. The Bertz CT molecular complexity index is 481. The number of nitriles is 1. The van der Waals surface area contributed by atoms with Gasteiger partial charge >= 0.3 is 0 Å². The van der Waals surface area contributed by atoms with E-state index in [-0.39, 0.29) is 29.1 Å². The second kappa shape index (κ2) is 6.22. The average molecular weight is 267 g/mol. The van der Waals surface area contributed by atoms with E-state index in [4.69, 9.17) is 22.6 Å². The molecule has 0 saturated heterocycles. The Morgan fingerprint density at radius 1 is 1.67 bits per heavy atom. The predicted octanol–water partition coefficient (Wildman–Crippen LogP) is 2.08. The molecule has 96 valence electrons. The van der Waals surface area contributed by atoms with Gasteiger partial charge in [0.2, 0.25) is 0 Å². The third-order valence-electron chi connectivity index (χ3n) is 2.44. The number of hydrogen-bond donors (Lipinski definition) is 1. The Morgan fingerprint density at radius 2 is 2.33 bits per heavy atom. The fourth-order valence-electron chi connectivity index (χ4n) is 1.53. The molecule has 6 heteroatoms. The third-order valence-corrected chi connectivity index (χ3v) is 2.74. The lowest BCUT2D eigenvalue weighted by Gasteiger charge is -2.26. The molecule has 0 aliphatic carbocycles. The van der Waals surface area contributed by atoms with Crippen molar-refractivity contribution in [1.82, 2.24) is 9.88 Å². The first kappa shape index (κ1) is 14.3. The van der Waals surface area contributed by atoms with E-state index in [0.717, 1.165) is 0 Å². The molecule has 0 fully saturated rings. The Balaban J connectivity index is 3.02. The summed E-state index contributed by atoms with van der Waals surface area (Å²) in [6, 6.07) is 3.49. The molecule has 1 amide bonds. The number of aromatic nitrogens is 1. The second-order valence-electron chi connectivity index (χ2n) is 4.11. The first-order chi connectivity index (χ1) is 8.47. The van der Waals surface area contributed by atoms with E-state index in [9.17, 15) is 4.79 Å². The third kappa shape index (κ3) is 3.34. The van der Waals surface area contributed by atoms with Gasteiger partial charge in [-0.3, -0.25) is 4.79 Å². The Labute approximate surface area is 111 Å². The number of nitrogens with zero attached hydrogens (tertiary/aromatic N) is 3. The van der Waals surface area contributed by atoms with Gasteiger partial charge < -0.3 is 10.6 Å². The molecule has 1 aromatic rings. The summed E-state index contributed by atoms with van der Waals surface area (Å²) in [5.74, 6) is -0.259. The smallest absolute Gasteiger partial charge is 0.257 e. The van der Waals surface area contributed by atoms with Crippen LogP contribution < -0.4 is 5.73 Å². The molecule has 0 spiro atoms. The van der Waals surface area contributed by atoms with Gasteiger partial charge in [-0.15, -0.1) is 0 Å². The van der Waals surface area contributed by atoms with Crippen LogP contribution in [0, 0.1) is 11.3 Å². The first-order valence-corrected chi connectivity index (χ1v) is 5.94. The summed E-state index contributed by atoms with van der Waals surface area (Å²) in [5.41, 5.74) is 6.25. The fraction of sp³-hybridized carbons (Fsp3) is 0.417. The van der Waals surface area contributed by atoms with Crippen molar-refractivity contribution < 1.29 is 4.79 Å². The van der Waals surface area contributed by atoms with E-state index in [0.29, 0.717) is 12.2 Å². The van der Waals surface area contributed by atoms with Gasteiger partial charge in [-0.05, 0) is 19.9 Å². The van der Waals surface area contributed by atoms with Crippen LogP contribution in [0.1, 0.15) is 30.6 Å². The zero-order valence-corrected chi connectivity index (χ0v) is 11.1. The molecule has 0 aliphatic rings. The molecule has 0 saturated carbocycles. The minimum Gasteiger partial charge on any atom is -0.397 e. The molecule has 1 aromatic heterocycles. The van der Waals surface area contributed by atoms with Crippen LogP contribution in [-0.4, -0.2) is 28.4 Å². The normalized spacial score (nSPS) is 10.2. The maximum Gasteiger partial charge on any atom is 0.257 e. The van der Waals surface area contributed by atoms with Crippen LogP contribution in [0.5, 0.6) is 0 Å². The molecule has 0 unspecified atom stereocenters. The van der Waals surface area contributed by atoms with Crippen LogP contribution in [0.3, 0.4) is 0 Å². The summed E-state index contributed by atoms with van der Waals surface area (Å²) in [5, 5.41) is 8.72. The zero-order chi connectivity index (χ0) is 13.7. The van der Waals surface area contributed by atoms with E-state index < -0.39 is 0 Å². The number of anilines is 1. The molecule has 0 radical (unpaired) electrons. The lowest BCUT2D eigenvalue weighted by Crippen LogP contribution is -2.37. The van der Waals surface area contributed by atoms with Crippen molar-refractivity contribution in [1.29, 1.82) is 5.26 Å². The molecule has 0 aromatic carbocycles. The van der Waals surface area contributed by atoms with Gasteiger partial charge in [0.05, 0.1) is 29.9 Å². The number of pyridine rings is 1. The highest BCUT2D eigenvalue weighted by Crippen LogP contribution is 2.19. The number of nitrogen functional groups attached to an aromatic ring is 1. The minimum atomic E-state index is -0.259. The van der Waals surface area contributed by atoms with Gasteiger partial charge in [0.25, 0.3) is 5.91 Å². The van der Waals surface area contributed by atoms with E-state index in [1.165, 1.54) is 12.3 Å². The molecule has 5 nitrogen and oxygen atoms in total. The van der Waals surface area contributed by atoms with Crippen molar-refractivity contribution >= 4 is 23.2 Å². The lowest BCUT2D eigenvalue weighted by molar-refractivity contribution is 0.0710. The van der Waals surface area contributed by atoms with Crippen molar-refractivity contribution in [3.63, 3.8) is 0 Å². The number of hydrogen-bond acceptors (Lipinski definition) is 4. The Hall–Kier alpha value is -1.80. The summed E-state index contributed by atoms with van der Waals surface area (Å²) in [4.78, 5) is 17.7. The van der Waals surface area contributed by atoms with Crippen LogP contribution in [-0.2, 0) is 0 Å². The van der Waals surface area contributed by atoms with Crippen molar-refractivity contribution in [3.8, 4) is 6.07 Å². The maximum absolute atomic E-state index is 12.3. The highest BCUT2D eigenvalue weighted by Gasteiger charge is 2.21. The molecule has 18 heavy (non-hydrogen) atoms. The van der Waals surface area contributed by atoms with Gasteiger partial charge in [0.1, 0.15) is 5.15 Å². The molecular weight excluding hydrogens is 252 g/mol. The number of amides is 1. The lowest BCUT2D eigenvalue weighted by atomic mass is 10.2. The SMILES string of the molecule is CC(C)N(CCC#N)C(=O)c1cc(N)cnc1Cl. The predicted molar refractivity (Wildman–Crippen MR) is 70.1 cm³/mol. The molecule has 0 aliphatic heterocycles. The van der Waals surface area contributed by atoms with Crippen LogP contribution in [0.25, 0.3) is 0 Å². The first-order valence-electron chi connectivity index (χ1n) is 5.56. The average Bonchev–Trinajstić information content (AvgIpc) is 2.32. The van der Waals surface area contributed by atoms with E-state index in [1.54, 1.807) is 4.90 Å². The number of carbonyl (C=O) groups excluding carboxylic acids is 1. The molecule has 1 heterocycles.